The Morgan fingerprint density at radius 3 is 2.53 bits per heavy atom. The molecule has 2 saturated heterocycles. The number of furan rings is 1. The molecule has 0 unspecified atom stereocenters. The molecule has 4 rings (SSSR count). The van der Waals surface area contributed by atoms with Gasteiger partial charge in [-0.15, -0.1) is 0 Å². The zero-order chi connectivity index (χ0) is 22.6. The average Bonchev–Trinajstić information content (AvgIpc) is 3.35. The molecular weight excluding hydrogens is 450 g/mol. The van der Waals surface area contributed by atoms with Gasteiger partial charge in [0.2, 0.25) is 15.9 Å². The molecule has 1 aromatic heterocycles. The van der Waals surface area contributed by atoms with E-state index in [-0.39, 0.29) is 29.3 Å². The first-order valence-electron chi connectivity index (χ1n) is 11.3. The number of carbonyl (C=O) groups excluding carboxylic acids is 1. The monoisotopic (exact) mass is 479 g/mol. The maximum atomic E-state index is 13.0. The van der Waals surface area contributed by atoms with Crippen LogP contribution >= 0.6 is 11.6 Å². The van der Waals surface area contributed by atoms with Crippen LogP contribution in [0.3, 0.4) is 0 Å². The molecule has 0 saturated carbocycles. The molecule has 0 spiro atoms. The molecule has 7 nitrogen and oxygen atoms in total. The van der Waals surface area contributed by atoms with Crippen molar-refractivity contribution in [3.8, 4) is 0 Å². The summed E-state index contributed by atoms with van der Waals surface area (Å²) in [5.41, 5.74) is 0. The second-order valence-electron chi connectivity index (χ2n) is 8.53. The molecule has 0 bridgehead atoms. The molecule has 1 N–H and O–H groups in total. The number of benzene rings is 1. The van der Waals surface area contributed by atoms with Crippen LogP contribution in [-0.4, -0.2) is 56.3 Å². The van der Waals surface area contributed by atoms with Crippen LogP contribution in [0.25, 0.3) is 0 Å². The minimum atomic E-state index is -3.66. The number of rotatable bonds is 7. The number of nitrogens with one attached hydrogen (secondary N) is 1. The first-order valence-corrected chi connectivity index (χ1v) is 13.1. The average molecular weight is 480 g/mol. The summed E-state index contributed by atoms with van der Waals surface area (Å²) in [5, 5.41) is 3.56. The van der Waals surface area contributed by atoms with Gasteiger partial charge in [0.1, 0.15) is 5.76 Å². The number of amides is 1. The molecule has 1 aromatic carbocycles. The van der Waals surface area contributed by atoms with Gasteiger partial charge in [0.05, 0.1) is 23.1 Å². The van der Waals surface area contributed by atoms with Gasteiger partial charge in [-0.2, -0.15) is 4.31 Å². The summed E-state index contributed by atoms with van der Waals surface area (Å²) < 4.78 is 33.1. The molecule has 174 valence electrons. The van der Waals surface area contributed by atoms with E-state index in [0.29, 0.717) is 31.0 Å². The molecule has 2 fully saturated rings. The second-order valence-corrected chi connectivity index (χ2v) is 10.9. The van der Waals surface area contributed by atoms with Gasteiger partial charge in [-0.05, 0) is 75.2 Å². The van der Waals surface area contributed by atoms with Crippen molar-refractivity contribution >= 4 is 27.5 Å². The van der Waals surface area contributed by atoms with E-state index >= 15 is 0 Å². The van der Waals surface area contributed by atoms with Crippen molar-refractivity contribution in [2.24, 2.45) is 5.92 Å². The largest absolute Gasteiger partial charge is 0.468 e. The van der Waals surface area contributed by atoms with Crippen LogP contribution in [0.5, 0.6) is 0 Å². The number of likely N-dealkylation sites (tertiary alicyclic amines) is 1. The van der Waals surface area contributed by atoms with Gasteiger partial charge in [0, 0.05) is 24.7 Å². The zero-order valence-corrected chi connectivity index (χ0v) is 19.7. The number of sulfonamides is 1. The lowest BCUT2D eigenvalue weighted by Crippen LogP contribution is -2.47. The molecule has 2 aliphatic heterocycles. The Morgan fingerprint density at radius 1 is 1.09 bits per heavy atom. The van der Waals surface area contributed by atoms with Crippen LogP contribution in [0.15, 0.2) is 52.0 Å². The predicted octanol–water partition coefficient (Wildman–Crippen LogP) is 3.68. The third-order valence-corrected chi connectivity index (χ3v) is 8.51. The fourth-order valence-electron chi connectivity index (χ4n) is 4.59. The van der Waals surface area contributed by atoms with Gasteiger partial charge in [0.15, 0.2) is 0 Å². The third kappa shape index (κ3) is 5.36. The van der Waals surface area contributed by atoms with E-state index in [1.807, 2.05) is 12.1 Å². The number of carbonyl (C=O) groups is 1. The molecule has 32 heavy (non-hydrogen) atoms. The second kappa shape index (κ2) is 10.4. The van der Waals surface area contributed by atoms with Gasteiger partial charge in [0.25, 0.3) is 0 Å². The molecule has 1 amide bonds. The molecule has 2 atom stereocenters. The van der Waals surface area contributed by atoms with E-state index in [4.69, 9.17) is 16.0 Å². The number of hydrogen-bond acceptors (Lipinski definition) is 5. The van der Waals surface area contributed by atoms with Gasteiger partial charge >= 0.3 is 0 Å². The Kier molecular flexibility index (Phi) is 7.55. The molecule has 2 aliphatic rings. The highest BCUT2D eigenvalue weighted by Gasteiger charge is 2.34. The highest BCUT2D eigenvalue weighted by molar-refractivity contribution is 7.89. The van der Waals surface area contributed by atoms with Crippen LogP contribution < -0.4 is 5.32 Å². The minimum Gasteiger partial charge on any atom is -0.468 e. The highest BCUT2D eigenvalue weighted by Crippen LogP contribution is 2.27. The lowest BCUT2D eigenvalue weighted by Gasteiger charge is -2.34. The Labute approximate surface area is 194 Å². The molecule has 9 heteroatoms. The summed E-state index contributed by atoms with van der Waals surface area (Å²) in [6.45, 7) is 3.02. The summed E-state index contributed by atoms with van der Waals surface area (Å²) in [6.07, 6.45) is 6.51. The van der Waals surface area contributed by atoms with Crippen LogP contribution in [0.2, 0.25) is 5.02 Å². The Hall–Kier alpha value is -1.87. The van der Waals surface area contributed by atoms with Crippen LogP contribution in [0.4, 0.5) is 0 Å². The topological polar surface area (TPSA) is 82.9 Å². The maximum Gasteiger partial charge on any atom is 0.243 e. The first kappa shape index (κ1) is 23.3. The van der Waals surface area contributed by atoms with Gasteiger partial charge in [-0.1, -0.05) is 18.0 Å². The molecule has 0 aliphatic carbocycles. The smallest absolute Gasteiger partial charge is 0.243 e. The van der Waals surface area contributed by atoms with Crippen LogP contribution in [0.1, 0.15) is 43.9 Å². The van der Waals surface area contributed by atoms with Gasteiger partial charge < -0.3 is 9.73 Å². The predicted molar refractivity (Wildman–Crippen MR) is 123 cm³/mol. The van der Waals surface area contributed by atoms with Crippen LogP contribution in [0, 0.1) is 5.92 Å². The standard InChI is InChI=1S/C23H30ClN3O4S/c24-19-8-10-20(11-9-19)32(29,30)27-14-4-6-18(17-27)23(28)25-16-21(22-7-5-15-31-22)26-12-2-1-3-13-26/h5,7-11,15,18,21H,1-4,6,12-14,16-17H2,(H,25,28)/t18-,21+/m1/s1. The minimum absolute atomic E-state index is 0.00764. The lowest BCUT2D eigenvalue weighted by atomic mass is 9.98. The van der Waals surface area contributed by atoms with E-state index in [9.17, 15) is 13.2 Å². The zero-order valence-electron chi connectivity index (χ0n) is 18.1. The molecule has 0 radical (unpaired) electrons. The van der Waals surface area contributed by atoms with Crippen molar-refractivity contribution in [3.05, 3.63) is 53.4 Å². The van der Waals surface area contributed by atoms with Crippen molar-refractivity contribution < 1.29 is 17.6 Å². The van der Waals surface area contributed by atoms with Crippen LogP contribution in [-0.2, 0) is 14.8 Å². The lowest BCUT2D eigenvalue weighted by molar-refractivity contribution is -0.126. The summed E-state index contributed by atoms with van der Waals surface area (Å²) >= 11 is 5.89. The maximum absolute atomic E-state index is 13.0. The molecule has 3 heterocycles. The van der Waals surface area contributed by atoms with Crippen molar-refractivity contribution in [1.82, 2.24) is 14.5 Å². The van der Waals surface area contributed by atoms with Crippen molar-refractivity contribution in [2.75, 3.05) is 32.7 Å². The van der Waals surface area contributed by atoms with Gasteiger partial charge in [-0.3, -0.25) is 9.69 Å². The van der Waals surface area contributed by atoms with E-state index in [0.717, 1.165) is 31.7 Å². The van der Waals surface area contributed by atoms with E-state index in [1.54, 1.807) is 18.4 Å². The number of piperidine rings is 2. The SMILES string of the molecule is O=C(NC[C@@H](c1ccco1)N1CCCCC1)[C@@H]1CCCN(S(=O)(=O)c2ccc(Cl)cc2)C1. The molecule has 2 aromatic rings. The highest BCUT2D eigenvalue weighted by atomic mass is 35.5. The van der Waals surface area contributed by atoms with E-state index in [2.05, 4.69) is 10.2 Å². The normalized spacial score (nSPS) is 21.8. The summed E-state index contributed by atoms with van der Waals surface area (Å²) in [5.74, 6) is 0.377. The summed E-state index contributed by atoms with van der Waals surface area (Å²) in [7, 11) is -3.66. The fraction of sp³-hybridized carbons (Fsp3) is 0.522. The summed E-state index contributed by atoms with van der Waals surface area (Å²) in [4.78, 5) is 15.6. The Bertz CT molecular complexity index is 989. The fourth-order valence-corrected chi connectivity index (χ4v) is 6.24. The summed E-state index contributed by atoms with van der Waals surface area (Å²) in [6, 6.07) is 9.96. The van der Waals surface area contributed by atoms with Crippen molar-refractivity contribution in [1.29, 1.82) is 0 Å². The Morgan fingerprint density at radius 2 is 1.84 bits per heavy atom. The third-order valence-electron chi connectivity index (χ3n) is 6.38. The number of halogens is 1. The quantitative estimate of drug-likeness (QED) is 0.655. The van der Waals surface area contributed by atoms with E-state index < -0.39 is 10.0 Å². The van der Waals surface area contributed by atoms with Crippen molar-refractivity contribution in [3.63, 3.8) is 0 Å². The number of hydrogen-bond donors (Lipinski definition) is 1. The van der Waals surface area contributed by atoms with Gasteiger partial charge in [-0.25, -0.2) is 8.42 Å². The Balaban J connectivity index is 1.39. The van der Waals surface area contributed by atoms with E-state index in [1.165, 1.54) is 22.9 Å². The number of nitrogens with zero attached hydrogens (tertiary/aromatic N) is 2. The van der Waals surface area contributed by atoms with Crippen molar-refractivity contribution in [2.45, 2.75) is 43.0 Å². The first-order chi connectivity index (χ1) is 15.4. The molecular formula is C23H30ClN3O4S.